The molecule has 5 heteroatoms. The van der Waals surface area contributed by atoms with E-state index in [0.717, 1.165) is 5.69 Å². The van der Waals surface area contributed by atoms with Gasteiger partial charge < -0.3 is 5.32 Å². The van der Waals surface area contributed by atoms with Crippen molar-refractivity contribution in [2.24, 2.45) is 0 Å². The molecule has 2 rings (SSSR count). The minimum absolute atomic E-state index is 0.262. The molecule has 0 saturated carbocycles. The summed E-state index contributed by atoms with van der Waals surface area (Å²) in [5, 5.41) is 2.73. The number of anilines is 1. The molecule has 1 aromatic carbocycles. The number of halogens is 2. The quantitative estimate of drug-likeness (QED) is 0.922. The molecular formula is C13H10BrFN2O. The van der Waals surface area contributed by atoms with E-state index in [0.29, 0.717) is 11.3 Å². The van der Waals surface area contributed by atoms with E-state index in [2.05, 4.69) is 26.2 Å². The van der Waals surface area contributed by atoms with Crippen LogP contribution in [0.25, 0.3) is 0 Å². The first-order valence-electron chi connectivity index (χ1n) is 5.26. The van der Waals surface area contributed by atoms with Gasteiger partial charge in [0.2, 0.25) is 0 Å². The molecule has 0 saturated heterocycles. The maximum absolute atomic E-state index is 13.1. The fourth-order valence-corrected chi connectivity index (χ4v) is 1.83. The minimum Gasteiger partial charge on any atom is -0.320 e. The molecule has 0 radical (unpaired) electrons. The molecule has 0 spiro atoms. The van der Waals surface area contributed by atoms with Gasteiger partial charge in [0.25, 0.3) is 5.91 Å². The van der Waals surface area contributed by atoms with Crippen molar-refractivity contribution in [1.29, 1.82) is 0 Å². The highest BCUT2D eigenvalue weighted by molar-refractivity contribution is 9.10. The molecular weight excluding hydrogens is 299 g/mol. The van der Waals surface area contributed by atoms with Crippen LogP contribution in [0.1, 0.15) is 16.1 Å². The van der Waals surface area contributed by atoms with Crippen LogP contribution in [-0.2, 0) is 0 Å². The number of nitrogens with zero attached hydrogens (tertiary/aromatic N) is 1. The maximum atomic E-state index is 13.1. The van der Waals surface area contributed by atoms with Gasteiger partial charge in [-0.05, 0) is 53.2 Å². The van der Waals surface area contributed by atoms with Gasteiger partial charge in [-0.3, -0.25) is 9.78 Å². The Morgan fingerprint density at radius 1 is 1.39 bits per heavy atom. The van der Waals surface area contributed by atoms with Gasteiger partial charge in [0.15, 0.2) is 0 Å². The third-order valence-electron chi connectivity index (χ3n) is 2.44. The van der Waals surface area contributed by atoms with Gasteiger partial charge in [0, 0.05) is 11.8 Å². The van der Waals surface area contributed by atoms with E-state index in [1.807, 2.05) is 0 Å². The lowest BCUT2D eigenvalue weighted by Gasteiger charge is -2.07. The number of amides is 1. The van der Waals surface area contributed by atoms with Crippen LogP contribution >= 0.6 is 15.9 Å². The summed E-state index contributed by atoms with van der Waals surface area (Å²) in [4.78, 5) is 16.0. The number of benzene rings is 1. The molecule has 0 unspecified atom stereocenters. The molecule has 18 heavy (non-hydrogen) atoms. The van der Waals surface area contributed by atoms with Gasteiger partial charge in [0.1, 0.15) is 5.82 Å². The topological polar surface area (TPSA) is 42.0 Å². The molecule has 0 fully saturated rings. The van der Waals surface area contributed by atoms with Gasteiger partial charge in [-0.2, -0.15) is 0 Å². The first-order chi connectivity index (χ1) is 8.58. The van der Waals surface area contributed by atoms with Crippen LogP contribution in [0.2, 0.25) is 0 Å². The highest BCUT2D eigenvalue weighted by Crippen LogP contribution is 2.18. The summed E-state index contributed by atoms with van der Waals surface area (Å²) in [5.41, 5.74) is 1.75. The highest BCUT2D eigenvalue weighted by Gasteiger charge is 2.10. The van der Waals surface area contributed by atoms with E-state index >= 15 is 0 Å². The lowest BCUT2D eigenvalue weighted by molar-refractivity contribution is 0.102. The fourth-order valence-electron chi connectivity index (χ4n) is 1.45. The molecule has 0 aliphatic carbocycles. The van der Waals surface area contributed by atoms with Crippen molar-refractivity contribution in [3.05, 3.63) is 58.1 Å². The third kappa shape index (κ3) is 2.73. The van der Waals surface area contributed by atoms with E-state index in [1.54, 1.807) is 25.3 Å². The Balaban J connectivity index is 2.22. The monoisotopic (exact) mass is 308 g/mol. The average Bonchev–Trinajstić information content (AvgIpc) is 2.35. The summed E-state index contributed by atoms with van der Waals surface area (Å²) in [6.07, 6.45) is 1.65. The Bertz CT molecular complexity index is 601. The summed E-state index contributed by atoms with van der Waals surface area (Å²) < 4.78 is 13.3. The Morgan fingerprint density at radius 2 is 2.17 bits per heavy atom. The number of hydrogen-bond acceptors (Lipinski definition) is 2. The molecule has 0 bridgehead atoms. The summed E-state index contributed by atoms with van der Waals surface area (Å²) in [6.45, 7) is 1.80. The summed E-state index contributed by atoms with van der Waals surface area (Å²) in [5.74, 6) is -0.698. The third-order valence-corrected chi connectivity index (χ3v) is 3.04. The van der Waals surface area contributed by atoms with E-state index in [9.17, 15) is 9.18 Å². The van der Waals surface area contributed by atoms with Gasteiger partial charge >= 0.3 is 0 Å². The lowest BCUT2D eigenvalue weighted by atomic mass is 10.2. The molecule has 1 aromatic heterocycles. The summed E-state index contributed by atoms with van der Waals surface area (Å²) in [6, 6.07) is 7.62. The van der Waals surface area contributed by atoms with Gasteiger partial charge in [0.05, 0.1) is 15.9 Å². The normalized spacial score (nSPS) is 10.2. The van der Waals surface area contributed by atoms with E-state index < -0.39 is 5.82 Å². The van der Waals surface area contributed by atoms with Gasteiger partial charge in [-0.1, -0.05) is 0 Å². The predicted octanol–water partition coefficient (Wildman–Crippen LogP) is 3.54. The van der Waals surface area contributed by atoms with Crippen molar-refractivity contribution in [3.63, 3.8) is 0 Å². The number of carbonyl (C=O) groups excluding carboxylic acids is 1. The maximum Gasteiger partial charge on any atom is 0.255 e. The average molecular weight is 309 g/mol. The van der Waals surface area contributed by atoms with Crippen molar-refractivity contribution < 1.29 is 9.18 Å². The largest absolute Gasteiger partial charge is 0.320 e. The first kappa shape index (κ1) is 12.7. The van der Waals surface area contributed by atoms with Crippen LogP contribution in [0, 0.1) is 12.7 Å². The second-order valence-electron chi connectivity index (χ2n) is 3.72. The van der Waals surface area contributed by atoms with Gasteiger partial charge in [-0.25, -0.2) is 4.39 Å². The Labute approximate surface area is 112 Å². The minimum atomic E-state index is -0.399. The molecule has 3 nitrogen and oxygen atoms in total. The predicted molar refractivity (Wildman–Crippen MR) is 71.0 cm³/mol. The number of pyridine rings is 1. The zero-order valence-electron chi connectivity index (χ0n) is 9.58. The number of carbonyl (C=O) groups is 1. The number of rotatable bonds is 2. The standard InChI is InChI=1S/C13H10BrFN2O/c1-8-12(3-2-6-16-8)17-13(18)9-4-5-11(15)10(14)7-9/h2-7H,1H3,(H,17,18). The first-order valence-corrected chi connectivity index (χ1v) is 6.05. The van der Waals surface area contributed by atoms with Crippen molar-refractivity contribution in [1.82, 2.24) is 4.98 Å². The number of nitrogens with one attached hydrogen (secondary N) is 1. The van der Waals surface area contributed by atoms with Crippen LogP contribution in [-0.4, -0.2) is 10.9 Å². The number of hydrogen-bond donors (Lipinski definition) is 1. The number of aromatic nitrogens is 1. The van der Waals surface area contributed by atoms with Crippen molar-refractivity contribution >= 4 is 27.5 Å². The van der Waals surface area contributed by atoms with Crippen LogP contribution in [0.15, 0.2) is 41.0 Å². The van der Waals surface area contributed by atoms with E-state index in [-0.39, 0.29) is 10.4 Å². The molecule has 1 heterocycles. The second-order valence-corrected chi connectivity index (χ2v) is 4.57. The second kappa shape index (κ2) is 5.27. The molecule has 1 N–H and O–H groups in total. The smallest absolute Gasteiger partial charge is 0.255 e. The zero-order valence-corrected chi connectivity index (χ0v) is 11.2. The van der Waals surface area contributed by atoms with Crippen molar-refractivity contribution in [2.45, 2.75) is 6.92 Å². The molecule has 0 aliphatic rings. The van der Waals surface area contributed by atoms with Crippen LogP contribution in [0.5, 0.6) is 0 Å². The molecule has 1 amide bonds. The Kier molecular flexibility index (Phi) is 3.72. The van der Waals surface area contributed by atoms with Gasteiger partial charge in [-0.15, -0.1) is 0 Å². The van der Waals surface area contributed by atoms with Crippen LogP contribution in [0.4, 0.5) is 10.1 Å². The Hall–Kier alpha value is -1.75. The summed E-state index contributed by atoms with van der Waals surface area (Å²) >= 11 is 3.05. The Morgan fingerprint density at radius 3 is 2.83 bits per heavy atom. The number of aryl methyl sites for hydroxylation is 1. The lowest BCUT2D eigenvalue weighted by Crippen LogP contribution is -2.13. The van der Waals surface area contributed by atoms with E-state index in [1.165, 1.54) is 18.2 Å². The van der Waals surface area contributed by atoms with Crippen molar-refractivity contribution in [3.8, 4) is 0 Å². The van der Waals surface area contributed by atoms with Crippen LogP contribution in [0.3, 0.4) is 0 Å². The molecule has 2 aromatic rings. The fraction of sp³-hybridized carbons (Fsp3) is 0.0769. The van der Waals surface area contributed by atoms with Crippen LogP contribution < -0.4 is 5.32 Å². The zero-order chi connectivity index (χ0) is 13.1. The molecule has 0 atom stereocenters. The SMILES string of the molecule is Cc1ncccc1NC(=O)c1ccc(F)c(Br)c1. The van der Waals surface area contributed by atoms with E-state index in [4.69, 9.17) is 0 Å². The molecule has 92 valence electrons. The van der Waals surface area contributed by atoms with Crippen molar-refractivity contribution in [2.75, 3.05) is 5.32 Å². The molecule has 0 aliphatic heterocycles. The summed E-state index contributed by atoms with van der Waals surface area (Å²) in [7, 11) is 0. The highest BCUT2D eigenvalue weighted by atomic mass is 79.9.